The average Bonchev–Trinajstić information content (AvgIpc) is 2.56. The second-order valence-corrected chi connectivity index (χ2v) is 5.23. The highest BCUT2D eigenvalue weighted by Crippen LogP contribution is 2.21. The second-order valence-electron chi connectivity index (χ2n) is 5.23. The summed E-state index contributed by atoms with van der Waals surface area (Å²) in [6.45, 7) is 4.11. The van der Waals surface area contributed by atoms with E-state index in [1.807, 2.05) is 17.2 Å². The van der Waals surface area contributed by atoms with Gasteiger partial charge in [-0.25, -0.2) is 18.7 Å². The van der Waals surface area contributed by atoms with Gasteiger partial charge in [-0.3, -0.25) is 9.88 Å². The molecule has 2 aromatic rings. The average molecular weight is 305 g/mol. The molecule has 1 aliphatic rings. The van der Waals surface area contributed by atoms with E-state index < -0.39 is 6.43 Å². The largest absolute Gasteiger partial charge is 0.354 e. The molecule has 1 saturated heterocycles. The van der Waals surface area contributed by atoms with E-state index in [1.54, 1.807) is 6.20 Å². The van der Waals surface area contributed by atoms with E-state index in [4.69, 9.17) is 0 Å². The second kappa shape index (κ2) is 6.74. The molecule has 0 saturated carbocycles. The monoisotopic (exact) mass is 305 g/mol. The molecule has 1 aliphatic heterocycles. The number of aromatic nitrogens is 3. The Bertz CT molecular complexity index is 600. The lowest BCUT2D eigenvalue weighted by Crippen LogP contribution is -2.46. The maximum Gasteiger partial charge on any atom is 0.280 e. The smallest absolute Gasteiger partial charge is 0.280 e. The molecule has 22 heavy (non-hydrogen) atoms. The van der Waals surface area contributed by atoms with Gasteiger partial charge in [-0.2, -0.15) is 0 Å². The third kappa shape index (κ3) is 3.54. The summed E-state index contributed by atoms with van der Waals surface area (Å²) >= 11 is 0. The van der Waals surface area contributed by atoms with Crippen LogP contribution in [0.3, 0.4) is 0 Å². The maximum absolute atomic E-state index is 12.7. The van der Waals surface area contributed by atoms with Crippen LogP contribution in [0.15, 0.2) is 36.9 Å². The first kappa shape index (κ1) is 14.8. The standard InChI is InChI=1S/C15H17F2N5/c16-15(17)13-8-14(20-11-19-13)22-6-4-21(5-7-22)10-12-2-1-3-18-9-12/h1-3,8-9,11,15H,4-7,10H2. The first-order chi connectivity index (χ1) is 10.7. The van der Waals surface area contributed by atoms with Crippen LogP contribution in [-0.4, -0.2) is 46.0 Å². The first-order valence-electron chi connectivity index (χ1n) is 7.18. The van der Waals surface area contributed by atoms with Gasteiger partial charge in [0.25, 0.3) is 6.43 Å². The summed E-state index contributed by atoms with van der Waals surface area (Å²) in [7, 11) is 0. The van der Waals surface area contributed by atoms with Gasteiger partial charge in [0.05, 0.1) is 0 Å². The molecule has 7 heteroatoms. The quantitative estimate of drug-likeness (QED) is 0.866. The molecule has 116 valence electrons. The van der Waals surface area contributed by atoms with Crippen LogP contribution in [0.1, 0.15) is 17.7 Å². The molecule has 0 atom stereocenters. The summed E-state index contributed by atoms with van der Waals surface area (Å²) in [4.78, 5) is 16.2. The molecule has 0 N–H and O–H groups in total. The number of anilines is 1. The lowest BCUT2D eigenvalue weighted by molar-refractivity contribution is 0.146. The van der Waals surface area contributed by atoms with Crippen molar-refractivity contribution in [2.45, 2.75) is 13.0 Å². The van der Waals surface area contributed by atoms with Crippen LogP contribution in [0.2, 0.25) is 0 Å². The zero-order chi connectivity index (χ0) is 15.4. The normalized spacial score (nSPS) is 16.2. The van der Waals surface area contributed by atoms with Crippen molar-refractivity contribution in [2.24, 2.45) is 0 Å². The van der Waals surface area contributed by atoms with Gasteiger partial charge in [0.1, 0.15) is 17.8 Å². The van der Waals surface area contributed by atoms with E-state index in [2.05, 4.69) is 25.9 Å². The lowest BCUT2D eigenvalue weighted by atomic mass is 10.2. The highest BCUT2D eigenvalue weighted by Gasteiger charge is 2.19. The number of hydrogen-bond donors (Lipinski definition) is 0. The fourth-order valence-electron chi connectivity index (χ4n) is 2.54. The van der Waals surface area contributed by atoms with Crippen LogP contribution in [0.25, 0.3) is 0 Å². The van der Waals surface area contributed by atoms with Crippen molar-refractivity contribution in [2.75, 3.05) is 31.1 Å². The number of hydrogen-bond acceptors (Lipinski definition) is 5. The Morgan fingerprint density at radius 2 is 1.95 bits per heavy atom. The van der Waals surface area contributed by atoms with Crippen molar-refractivity contribution in [1.29, 1.82) is 0 Å². The van der Waals surface area contributed by atoms with E-state index in [-0.39, 0.29) is 5.69 Å². The van der Waals surface area contributed by atoms with Crippen LogP contribution in [0.4, 0.5) is 14.6 Å². The van der Waals surface area contributed by atoms with Crippen molar-refractivity contribution in [3.8, 4) is 0 Å². The van der Waals surface area contributed by atoms with Crippen LogP contribution in [0.5, 0.6) is 0 Å². The van der Waals surface area contributed by atoms with E-state index in [0.717, 1.165) is 32.7 Å². The highest BCUT2D eigenvalue weighted by atomic mass is 19.3. The minimum Gasteiger partial charge on any atom is -0.354 e. The number of nitrogens with zero attached hydrogens (tertiary/aromatic N) is 5. The van der Waals surface area contributed by atoms with Gasteiger partial charge in [-0.05, 0) is 11.6 Å². The minimum absolute atomic E-state index is 0.220. The summed E-state index contributed by atoms with van der Waals surface area (Å²) in [6.07, 6.45) is 2.27. The summed E-state index contributed by atoms with van der Waals surface area (Å²) in [6, 6.07) is 5.36. The molecule has 2 aromatic heterocycles. The predicted octanol–water partition coefficient (Wildman–Crippen LogP) is 2.13. The van der Waals surface area contributed by atoms with E-state index in [0.29, 0.717) is 5.82 Å². The molecular formula is C15H17F2N5. The molecule has 0 spiro atoms. The molecule has 0 radical (unpaired) electrons. The Labute approximate surface area is 127 Å². The van der Waals surface area contributed by atoms with Crippen LogP contribution < -0.4 is 4.90 Å². The summed E-state index contributed by atoms with van der Waals surface area (Å²) in [5.41, 5.74) is 0.959. The van der Waals surface area contributed by atoms with E-state index in [9.17, 15) is 8.78 Å². The van der Waals surface area contributed by atoms with E-state index >= 15 is 0 Å². The van der Waals surface area contributed by atoms with Crippen LogP contribution in [0, 0.1) is 0 Å². The highest BCUT2D eigenvalue weighted by molar-refractivity contribution is 5.39. The van der Waals surface area contributed by atoms with Gasteiger partial charge in [0.2, 0.25) is 0 Å². The van der Waals surface area contributed by atoms with Gasteiger partial charge in [-0.1, -0.05) is 6.07 Å². The number of alkyl halides is 2. The van der Waals surface area contributed by atoms with Crippen LogP contribution in [-0.2, 0) is 6.54 Å². The van der Waals surface area contributed by atoms with Crippen molar-refractivity contribution < 1.29 is 8.78 Å². The van der Waals surface area contributed by atoms with Gasteiger partial charge >= 0.3 is 0 Å². The Morgan fingerprint density at radius 3 is 2.64 bits per heavy atom. The molecule has 3 rings (SSSR count). The van der Waals surface area contributed by atoms with Gasteiger partial charge in [0.15, 0.2) is 0 Å². The van der Waals surface area contributed by atoms with Crippen LogP contribution >= 0.6 is 0 Å². The summed E-state index contributed by atoms with van der Waals surface area (Å²) in [5, 5.41) is 0. The van der Waals surface area contributed by atoms with Crippen molar-refractivity contribution in [3.63, 3.8) is 0 Å². The predicted molar refractivity (Wildman–Crippen MR) is 78.7 cm³/mol. The van der Waals surface area contributed by atoms with Gasteiger partial charge in [-0.15, -0.1) is 0 Å². The zero-order valence-electron chi connectivity index (χ0n) is 12.1. The van der Waals surface area contributed by atoms with Crippen molar-refractivity contribution in [3.05, 3.63) is 48.2 Å². The molecule has 0 aliphatic carbocycles. The molecule has 1 fully saturated rings. The molecule has 0 amide bonds. The van der Waals surface area contributed by atoms with Gasteiger partial charge in [0, 0.05) is 51.2 Å². The summed E-state index contributed by atoms with van der Waals surface area (Å²) < 4.78 is 25.4. The lowest BCUT2D eigenvalue weighted by Gasteiger charge is -2.35. The fourth-order valence-corrected chi connectivity index (χ4v) is 2.54. The minimum atomic E-state index is -2.56. The van der Waals surface area contributed by atoms with Crippen molar-refractivity contribution >= 4 is 5.82 Å². The Hall–Kier alpha value is -2.15. The fraction of sp³-hybridized carbons (Fsp3) is 0.400. The third-order valence-electron chi connectivity index (χ3n) is 3.72. The molecule has 0 unspecified atom stereocenters. The first-order valence-corrected chi connectivity index (χ1v) is 7.18. The van der Waals surface area contributed by atoms with Crippen molar-refractivity contribution in [1.82, 2.24) is 19.9 Å². The maximum atomic E-state index is 12.7. The molecule has 0 aromatic carbocycles. The number of halogens is 2. The molecule has 5 nitrogen and oxygen atoms in total. The number of pyridine rings is 1. The summed E-state index contributed by atoms with van der Waals surface area (Å²) in [5.74, 6) is 0.575. The Balaban J connectivity index is 1.58. The zero-order valence-corrected chi connectivity index (χ0v) is 12.1. The van der Waals surface area contributed by atoms with E-state index in [1.165, 1.54) is 18.0 Å². The van der Waals surface area contributed by atoms with Gasteiger partial charge < -0.3 is 4.90 Å². The molecular weight excluding hydrogens is 288 g/mol. The molecule has 3 heterocycles. The molecule has 0 bridgehead atoms. The SMILES string of the molecule is FC(F)c1cc(N2CCN(Cc3cccnc3)CC2)ncn1. The third-order valence-corrected chi connectivity index (χ3v) is 3.72. The number of piperazine rings is 1. The number of rotatable bonds is 4. The Morgan fingerprint density at radius 1 is 1.14 bits per heavy atom. The topological polar surface area (TPSA) is 45.2 Å². The Kier molecular flexibility index (Phi) is 4.53.